The van der Waals surface area contributed by atoms with Crippen molar-refractivity contribution in [3.05, 3.63) is 46.0 Å². The first-order valence-corrected chi connectivity index (χ1v) is 5.53. The number of benzene rings is 1. The van der Waals surface area contributed by atoms with Crippen molar-refractivity contribution >= 4 is 39.0 Å². The number of hydrogen-bond donors (Lipinski definition) is 1. The van der Waals surface area contributed by atoms with Crippen LogP contribution in [0.25, 0.3) is 0 Å². The lowest BCUT2D eigenvalue weighted by Crippen LogP contribution is -1.95. The van der Waals surface area contributed by atoms with Crippen molar-refractivity contribution in [1.82, 2.24) is 9.97 Å². The summed E-state index contributed by atoms with van der Waals surface area (Å²) in [5.74, 6) is 0.173. The van der Waals surface area contributed by atoms with Gasteiger partial charge in [0.25, 0.3) is 0 Å². The van der Waals surface area contributed by atoms with Gasteiger partial charge in [0.2, 0.25) is 5.28 Å². The summed E-state index contributed by atoms with van der Waals surface area (Å²) in [5.41, 5.74) is 0.593. The fraction of sp³-hybridized carbons (Fsp3) is 0. The maximum atomic E-state index is 13.2. The number of anilines is 2. The molecule has 0 atom stereocenters. The van der Waals surface area contributed by atoms with Gasteiger partial charge in [0.15, 0.2) is 0 Å². The molecule has 1 aromatic heterocycles. The predicted octanol–water partition coefficient (Wildman–Crippen LogP) is 3.78. The second-order valence-corrected chi connectivity index (χ2v) is 4.16. The number of nitrogens with zero attached hydrogens (tertiary/aromatic N) is 2. The minimum Gasteiger partial charge on any atom is -0.340 e. The molecule has 1 N–H and O–H groups in total. The van der Waals surface area contributed by atoms with Crippen LogP contribution in [-0.4, -0.2) is 9.97 Å². The van der Waals surface area contributed by atoms with Crippen LogP contribution in [0.1, 0.15) is 0 Å². The Kier molecular flexibility index (Phi) is 3.36. The van der Waals surface area contributed by atoms with Crippen molar-refractivity contribution in [2.75, 3.05) is 5.32 Å². The van der Waals surface area contributed by atoms with E-state index in [0.29, 0.717) is 16.0 Å². The first-order chi connectivity index (χ1) is 7.65. The number of aromatic nitrogens is 2. The molecule has 0 aliphatic rings. The molecule has 16 heavy (non-hydrogen) atoms. The van der Waals surface area contributed by atoms with E-state index < -0.39 is 0 Å². The van der Waals surface area contributed by atoms with Gasteiger partial charge in [-0.05, 0) is 51.8 Å². The SMILES string of the molecule is Fc1cc(Nc2ccnc(Cl)n2)ccc1Br. The quantitative estimate of drug-likeness (QED) is 0.858. The molecule has 82 valence electrons. The van der Waals surface area contributed by atoms with Gasteiger partial charge >= 0.3 is 0 Å². The third-order valence-corrected chi connectivity index (χ3v) is 2.64. The molecule has 0 fully saturated rings. The van der Waals surface area contributed by atoms with Crippen molar-refractivity contribution < 1.29 is 4.39 Å². The normalized spacial score (nSPS) is 10.2. The lowest BCUT2D eigenvalue weighted by Gasteiger charge is -2.05. The van der Waals surface area contributed by atoms with Crippen LogP contribution in [0, 0.1) is 5.82 Å². The summed E-state index contributed by atoms with van der Waals surface area (Å²) in [7, 11) is 0. The zero-order valence-corrected chi connectivity index (χ0v) is 10.3. The average molecular weight is 303 g/mol. The third-order valence-electron chi connectivity index (χ3n) is 1.82. The van der Waals surface area contributed by atoms with Gasteiger partial charge in [-0.15, -0.1) is 0 Å². The van der Waals surface area contributed by atoms with Gasteiger partial charge < -0.3 is 5.32 Å². The van der Waals surface area contributed by atoms with Crippen molar-refractivity contribution in [2.45, 2.75) is 0 Å². The molecule has 0 aliphatic heterocycles. The Labute approximate surface area is 105 Å². The summed E-state index contributed by atoms with van der Waals surface area (Å²) in [6.45, 7) is 0. The van der Waals surface area contributed by atoms with Crippen LogP contribution in [-0.2, 0) is 0 Å². The molecule has 2 rings (SSSR count). The second kappa shape index (κ2) is 4.76. The molecule has 0 bridgehead atoms. The predicted molar refractivity (Wildman–Crippen MR) is 64.4 cm³/mol. The molecule has 0 saturated carbocycles. The van der Waals surface area contributed by atoms with Crippen LogP contribution >= 0.6 is 27.5 Å². The maximum absolute atomic E-state index is 13.2. The van der Waals surface area contributed by atoms with Gasteiger partial charge in [0, 0.05) is 11.9 Å². The lowest BCUT2D eigenvalue weighted by molar-refractivity contribution is 0.622. The van der Waals surface area contributed by atoms with Crippen LogP contribution in [0.4, 0.5) is 15.9 Å². The van der Waals surface area contributed by atoms with E-state index >= 15 is 0 Å². The van der Waals surface area contributed by atoms with E-state index in [1.54, 1.807) is 18.2 Å². The van der Waals surface area contributed by atoms with E-state index in [-0.39, 0.29) is 11.1 Å². The molecule has 1 aromatic carbocycles. The average Bonchev–Trinajstić information content (AvgIpc) is 2.24. The van der Waals surface area contributed by atoms with Gasteiger partial charge in [0.1, 0.15) is 11.6 Å². The Morgan fingerprint density at radius 2 is 2.12 bits per heavy atom. The summed E-state index contributed by atoms with van der Waals surface area (Å²) in [5, 5.41) is 3.06. The Bertz CT molecular complexity index is 521. The zero-order valence-electron chi connectivity index (χ0n) is 7.92. The largest absolute Gasteiger partial charge is 0.340 e. The van der Waals surface area contributed by atoms with Crippen molar-refractivity contribution in [3.63, 3.8) is 0 Å². The van der Waals surface area contributed by atoms with E-state index in [0.717, 1.165) is 0 Å². The molecule has 2 aromatic rings. The zero-order chi connectivity index (χ0) is 11.5. The van der Waals surface area contributed by atoms with E-state index in [9.17, 15) is 4.39 Å². The summed E-state index contributed by atoms with van der Waals surface area (Å²) in [6, 6.07) is 6.34. The van der Waals surface area contributed by atoms with Crippen LogP contribution in [0.2, 0.25) is 5.28 Å². The highest BCUT2D eigenvalue weighted by Gasteiger charge is 2.02. The summed E-state index contributed by atoms with van der Waals surface area (Å²) >= 11 is 8.70. The van der Waals surface area contributed by atoms with Crippen molar-refractivity contribution in [1.29, 1.82) is 0 Å². The number of nitrogens with one attached hydrogen (secondary N) is 1. The fourth-order valence-electron chi connectivity index (χ4n) is 1.13. The monoisotopic (exact) mass is 301 g/mol. The Morgan fingerprint density at radius 3 is 2.81 bits per heavy atom. The minimum atomic E-state index is -0.342. The van der Waals surface area contributed by atoms with Gasteiger partial charge in [-0.2, -0.15) is 0 Å². The van der Waals surface area contributed by atoms with Gasteiger partial charge in [0.05, 0.1) is 4.47 Å². The van der Waals surface area contributed by atoms with Crippen LogP contribution in [0.15, 0.2) is 34.9 Å². The Hall–Kier alpha value is -1.20. The number of rotatable bonds is 2. The second-order valence-electron chi connectivity index (χ2n) is 2.96. The highest BCUT2D eigenvalue weighted by atomic mass is 79.9. The first kappa shape index (κ1) is 11.3. The highest BCUT2D eigenvalue weighted by molar-refractivity contribution is 9.10. The van der Waals surface area contributed by atoms with E-state index in [1.807, 2.05) is 0 Å². The highest BCUT2D eigenvalue weighted by Crippen LogP contribution is 2.21. The van der Waals surface area contributed by atoms with Crippen molar-refractivity contribution in [3.8, 4) is 0 Å². The lowest BCUT2D eigenvalue weighted by atomic mass is 10.3. The molecular weight excluding hydrogens is 296 g/mol. The van der Waals surface area contributed by atoms with Gasteiger partial charge in [-0.25, -0.2) is 14.4 Å². The first-order valence-electron chi connectivity index (χ1n) is 4.36. The van der Waals surface area contributed by atoms with Crippen molar-refractivity contribution in [2.24, 2.45) is 0 Å². The van der Waals surface area contributed by atoms with Gasteiger partial charge in [-0.3, -0.25) is 0 Å². The smallest absolute Gasteiger partial charge is 0.224 e. The van der Waals surface area contributed by atoms with Crippen LogP contribution in [0.5, 0.6) is 0 Å². The molecule has 1 heterocycles. The van der Waals surface area contributed by atoms with E-state index in [1.165, 1.54) is 12.3 Å². The molecule has 6 heteroatoms. The molecule has 0 unspecified atom stereocenters. The van der Waals surface area contributed by atoms with Gasteiger partial charge in [-0.1, -0.05) is 0 Å². The van der Waals surface area contributed by atoms with Crippen LogP contribution in [0.3, 0.4) is 0 Å². The summed E-state index contributed by atoms with van der Waals surface area (Å²) in [6.07, 6.45) is 1.52. The fourth-order valence-corrected chi connectivity index (χ4v) is 1.52. The molecule has 0 spiro atoms. The summed E-state index contributed by atoms with van der Waals surface area (Å²) < 4.78 is 13.6. The molecule has 0 saturated heterocycles. The Morgan fingerprint density at radius 1 is 1.31 bits per heavy atom. The molecular formula is C10H6BrClFN3. The molecule has 0 radical (unpaired) electrons. The molecule has 0 aliphatic carbocycles. The van der Waals surface area contributed by atoms with Crippen LogP contribution < -0.4 is 5.32 Å². The summed E-state index contributed by atoms with van der Waals surface area (Å²) in [4.78, 5) is 7.68. The standard InChI is InChI=1S/C10H6BrClFN3/c11-7-2-1-6(5-8(7)13)15-9-3-4-14-10(12)16-9/h1-5H,(H,14,15,16). The maximum Gasteiger partial charge on any atom is 0.224 e. The topological polar surface area (TPSA) is 37.8 Å². The van der Waals surface area contributed by atoms with E-state index in [4.69, 9.17) is 11.6 Å². The number of hydrogen-bond acceptors (Lipinski definition) is 3. The Balaban J connectivity index is 2.24. The molecule has 3 nitrogen and oxygen atoms in total. The molecule has 0 amide bonds. The number of halogens is 3. The van der Waals surface area contributed by atoms with E-state index in [2.05, 4.69) is 31.2 Å². The minimum absolute atomic E-state index is 0.141. The third kappa shape index (κ3) is 2.68.